The number of hydrogen-bond acceptors (Lipinski definition) is 2. The van der Waals surface area contributed by atoms with Crippen LogP contribution in [0.4, 0.5) is 0 Å². The molecule has 4 nitrogen and oxygen atoms in total. The number of unbranched alkanes of at least 4 members (excludes halogenated alkanes) is 3. The van der Waals surface area contributed by atoms with Crippen molar-refractivity contribution in [3.8, 4) is 0 Å². The first-order valence-electron chi connectivity index (χ1n) is 6.45. The summed E-state index contributed by atoms with van der Waals surface area (Å²) >= 11 is 0. The summed E-state index contributed by atoms with van der Waals surface area (Å²) in [6.07, 6.45) is 5.28. The molecule has 2 N–H and O–H groups in total. The lowest BCUT2D eigenvalue weighted by Crippen LogP contribution is -2.27. The lowest BCUT2D eigenvalue weighted by atomic mass is 10.1. The molecule has 1 rings (SSSR count). The molecule has 0 unspecified atom stereocenters. The molecule has 1 aromatic carbocycles. The fourth-order valence-corrected chi connectivity index (χ4v) is 1.62. The summed E-state index contributed by atoms with van der Waals surface area (Å²) in [7, 11) is 0. The summed E-state index contributed by atoms with van der Waals surface area (Å²) in [5.74, 6) is -1.51. The third-order valence-corrected chi connectivity index (χ3v) is 2.67. The van der Waals surface area contributed by atoms with E-state index < -0.39 is 11.9 Å². The zero-order chi connectivity index (χ0) is 14.1. The van der Waals surface area contributed by atoms with Crippen molar-refractivity contribution in [1.82, 2.24) is 5.32 Å². The molecule has 4 heteroatoms. The van der Waals surface area contributed by atoms with Crippen LogP contribution in [0.5, 0.6) is 0 Å². The van der Waals surface area contributed by atoms with Gasteiger partial charge in [-0.3, -0.25) is 4.79 Å². The Morgan fingerprint density at radius 2 is 1.89 bits per heavy atom. The highest BCUT2D eigenvalue weighted by atomic mass is 16.4. The molecule has 1 aromatic rings. The highest BCUT2D eigenvalue weighted by Crippen LogP contribution is 2.04. The zero-order valence-electron chi connectivity index (χ0n) is 11.1. The molecule has 0 atom stereocenters. The maximum atomic E-state index is 11.8. The van der Waals surface area contributed by atoms with Gasteiger partial charge in [-0.2, -0.15) is 0 Å². The molecule has 0 radical (unpaired) electrons. The molecule has 1 amide bonds. The van der Waals surface area contributed by atoms with Gasteiger partial charge >= 0.3 is 5.97 Å². The Labute approximate surface area is 113 Å². The van der Waals surface area contributed by atoms with Crippen LogP contribution in [-0.4, -0.2) is 17.0 Å². The van der Waals surface area contributed by atoms with Crippen LogP contribution in [-0.2, 0) is 4.79 Å². The van der Waals surface area contributed by atoms with Crippen molar-refractivity contribution in [3.05, 3.63) is 47.7 Å². The second-order valence-corrected chi connectivity index (χ2v) is 4.24. The van der Waals surface area contributed by atoms with Gasteiger partial charge in [0.1, 0.15) is 5.70 Å². The van der Waals surface area contributed by atoms with Crippen molar-refractivity contribution in [2.75, 3.05) is 0 Å². The van der Waals surface area contributed by atoms with E-state index in [4.69, 9.17) is 5.11 Å². The van der Waals surface area contributed by atoms with Gasteiger partial charge in [0.15, 0.2) is 0 Å². The van der Waals surface area contributed by atoms with Crippen molar-refractivity contribution < 1.29 is 14.7 Å². The summed E-state index contributed by atoms with van der Waals surface area (Å²) in [5.41, 5.74) is 0.396. The molecule has 102 valence electrons. The molecule has 0 saturated heterocycles. The number of carbonyl (C=O) groups excluding carboxylic acids is 1. The lowest BCUT2D eigenvalue weighted by molar-refractivity contribution is -0.133. The molecule has 19 heavy (non-hydrogen) atoms. The van der Waals surface area contributed by atoms with E-state index in [1.54, 1.807) is 36.4 Å². The Balaban J connectivity index is 2.63. The number of nitrogens with one attached hydrogen (secondary N) is 1. The Kier molecular flexibility index (Phi) is 6.36. The minimum atomic E-state index is -1.11. The Bertz CT molecular complexity index is 452. The largest absolute Gasteiger partial charge is 0.477 e. The highest BCUT2D eigenvalue weighted by Gasteiger charge is 2.12. The number of amides is 1. The third kappa shape index (κ3) is 5.38. The Hall–Kier alpha value is -2.10. The van der Waals surface area contributed by atoms with E-state index in [9.17, 15) is 9.59 Å². The fraction of sp³-hybridized carbons (Fsp3) is 0.333. The average molecular weight is 261 g/mol. The molecule has 0 spiro atoms. The molecular weight excluding hydrogens is 242 g/mol. The van der Waals surface area contributed by atoms with E-state index in [2.05, 4.69) is 12.2 Å². The van der Waals surface area contributed by atoms with Crippen molar-refractivity contribution in [2.24, 2.45) is 0 Å². The van der Waals surface area contributed by atoms with Crippen LogP contribution in [0.3, 0.4) is 0 Å². The first-order valence-corrected chi connectivity index (χ1v) is 6.45. The summed E-state index contributed by atoms with van der Waals surface area (Å²) in [6, 6.07) is 8.56. The van der Waals surface area contributed by atoms with Gasteiger partial charge in [-0.1, -0.05) is 44.0 Å². The molecule has 0 fully saturated rings. The minimum absolute atomic E-state index is 0.0510. The van der Waals surface area contributed by atoms with E-state index in [0.29, 0.717) is 12.0 Å². The van der Waals surface area contributed by atoms with Gasteiger partial charge in [-0.25, -0.2) is 4.79 Å². The second kappa shape index (κ2) is 8.08. The van der Waals surface area contributed by atoms with E-state index in [-0.39, 0.29) is 5.70 Å². The zero-order valence-corrected chi connectivity index (χ0v) is 11.1. The van der Waals surface area contributed by atoms with Gasteiger partial charge in [0.2, 0.25) is 0 Å². The van der Waals surface area contributed by atoms with Gasteiger partial charge in [0.25, 0.3) is 5.91 Å². The number of hydrogen-bond donors (Lipinski definition) is 2. The van der Waals surface area contributed by atoms with E-state index in [1.165, 1.54) is 0 Å². The smallest absolute Gasteiger partial charge is 0.352 e. The van der Waals surface area contributed by atoms with E-state index in [1.807, 2.05) is 0 Å². The Morgan fingerprint density at radius 1 is 1.21 bits per heavy atom. The van der Waals surface area contributed by atoms with Crippen molar-refractivity contribution in [1.29, 1.82) is 0 Å². The molecule has 0 aliphatic rings. The summed E-state index contributed by atoms with van der Waals surface area (Å²) in [6.45, 7) is 2.08. The van der Waals surface area contributed by atoms with E-state index >= 15 is 0 Å². The number of carbonyl (C=O) groups is 2. The van der Waals surface area contributed by atoms with Gasteiger partial charge in [-0.15, -0.1) is 0 Å². The van der Waals surface area contributed by atoms with Crippen LogP contribution >= 0.6 is 0 Å². The van der Waals surface area contributed by atoms with Crippen LogP contribution in [0.25, 0.3) is 0 Å². The molecule has 0 bridgehead atoms. The number of allylic oxidation sites excluding steroid dienone is 1. The molecule has 0 aromatic heterocycles. The Morgan fingerprint density at radius 3 is 2.47 bits per heavy atom. The van der Waals surface area contributed by atoms with Crippen molar-refractivity contribution in [2.45, 2.75) is 32.6 Å². The predicted molar refractivity (Wildman–Crippen MR) is 73.8 cm³/mol. The van der Waals surface area contributed by atoms with Gasteiger partial charge in [0, 0.05) is 5.56 Å². The number of carboxylic acid groups (broad SMARTS) is 1. The quantitative estimate of drug-likeness (QED) is 0.585. The van der Waals surface area contributed by atoms with Gasteiger partial charge in [0.05, 0.1) is 0 Å². The molecule has 0 aliphatic heterocycles. The normalized spacial score (nSPS) is 11.1. The van der Waals surface area contributed by atoms with E-state index in [0.717, 1.165) is 19.3 Å². The molecular formula is C15H19NO3. The summed E-state index contributed by atoms with van der Waals surface area (Å²) < 4.78 is 0. The monoisotopic (exact) mass is 261 g/mol. The maximum Gasteiger partial charge on any atom is 0.352 e. The number of rotatable bonds is 7. The fourth-order valence-electron chi connectivity index (χ4n) is 1.62. The van der Waals surface area contributed by atoms with Crippen molar-refractivity contribution in [3.63, 3.8) is 0 Å². The summed E-state index contributed by atoms with van der Waals surface area (Å²) in [4.78, 5) is 22.9. The average Bonchev–Trinajstić information content (AvgIpc) is 2.42. The standard InChI is InChI=1S/C15H19NO3/c1-2-3-4-8-11-13(15(18)19)16-14(17)12-9-6-5-7-10-12/h5-7,9-11H,2-4,8H2,1H3,(H,16,17)(H,18,19). The van der Waals surface area contributed by atoms with Gasteiger partial charge < -0.3 is 10.4 Å². The predicted octanol–water partition coefficient (Wildman–Crippen LogP) is 2.97. The number of carboxylic acids is 1. The first-order chi connectivity index (χ1) is 9.15. The minimum Gasteiger partial charge on any atom is -0.477 e. The third-order valence-electron chi connectivity index (χ3n) is 2.67. The van der Waals surface area contributed by atoms with Crippen LogP contribution in [0, 0.1) is 0 Å². The van der Waals surface area contributed by atoms with Crippen LogP contribution in [0.2, 0.25) is 0 Å². The summed E-state index contributed by atoms with van der Waals surface area (Å²) in [5, 5.41) is 11.5. The van der Waals surface area contributed by atoms with Crippen LogP contribution in [0.1, 0.15) is 43.0 Å². The lowest BCUT2D eigenvalue weighted by Gasteiger charge is -2.06. The number of benzene rings is 1. The highest BCUT2D eigenvalue weighted by molar-refractivity contribution is 6.00. The second-order valence-electron chi connectivity index (χ2n) is 4.24. The van der Waals surface area contributed by atoms with Crippen LogP contribution in [0.15, 0.2) is 42.1 Å². The SMILES string of the molecule is CCCCCC=C(NC(=O)c1ccccc1)C(=O)O. The number of aliphatic carboxylic acids is 1. The topological polar surface area (TPSA) is 66.4 Å². The molecule has 0 aliphatic carbocycles. The molecule has 0 heterocycles. The molecule has 0 saturated carbocycles. The van der Waals surface area contributed by atoms with Crippen molar-refractivity contribution >= 4 is 11.9 Å². The van der Waals surface area contributed by atoms with Crippen LogP contribution < -0.4 is 5.32 Å². The van der Waals surface area contributed by atoms with Gasteiger partial charge in [-0.05, 0) is 25.0 Å². The maximum absolute atomic E-state index is 11.8. The first kappa shape index (κ1) is 15.0.